The lowest BCUT2D eigenvalue weighted by Gasteiger charge is -2.24. The standard InChI is InChI=1S/C33H20BN2S/c1-18-16-24(20-10-6-12-23-29-22-9-3-5-15-28(22)37-33(29)35-31(20)23)30-27(17-18)36-26-14-4-2-8-19(26)21-11-7-13-25(34-30)32(21)36/h2-17,35H,1H3. The van der Waals surface area contributed by atoms with Crippen molar-refractivity contribution in [2.24, 2.45) is 0 Å². The lowest BCUT2D eigenvalue weighted by atomic mass is 9.59. The monoisotopic (exact) mass is 487 g/mol. The van der Waals surface area contributed by atoms with Crippen molar-refractivity contribution < 1.29 is 0 Å². The van der Waals surface area contributed by atoms with E-state index in [1.165, 1.54) is 86.3 Å². The van der Waals surface area contributed by atoms with Crippen LogP contribution in [0, 0.1) is 6.92 Å². The molecule has 3 aromatic heterocycles. The van der Waals surface area contributed by atoms with Gasteiger partial charge in [-0.1, -0.05) is 84.3 Å². The molecular weight excluding hydrogens is 467 g/mol. The number of fused-ring (bicyclic) bond motifs is 10. The third kappa shape index (κ3) is 2.51. The van der Waals surface area contributed by atoms with Crippen LogP contribution in [-0.4, -0.2) is 16.8 Å². The van der Waals surface area contributed by atoms with Crippen LogP contribution in [0.2, 0.25) is 0 Å². The van der Waals surface area contributed by atoms with E-state index in [0.717, 1.165) is 0 Å². The van der Waals surface area contributed by atoms with Crippen LogP contribution >= 0.6 is 11.3 Å². The van der Waals surface area contributed by atoms with E-state index in [9.17, 15) is 0 Å². The predicted molar refractivity (Wildman–Crippen MR) is 161 cm³/mol. The van der Waals surface area contributed by atoms with Crippen molar-refractivity contribution >= 4 is 82.6 Å². The zero-order valence-corrected chi connectivity index (χ0v) is 21.0. The van der Waals surface area contributed by atoms with Gasteiger partial charge in [0.2, 0.25) is 0 Å². The summed E-state index contributed by atoms with van der Waals surface area (Å²) in [6.07, 6.45) is 0. The SMILES string of the molecule is Cc1cc(-c2cccc3c2[nH]c2sc4ccccc4c23)c2c(c1)-n1c3ccccc3c3cccc(c31)[B]2. The van der Waals surface area contributed by atoms with Gasteiger partial charge in [-0.15, -0.1) is 11.3 Å². The quantitative estimate of drug-likeness (QED) is 0.231. The normalized spacial score (nSPS) is 12.7. The van der Waals surface area contributed by atoms with E-state index in [4.69, 9.17) is 0 Å². The first-order valence-corrected chi connectivity index (χ1v) is 13.5. The molecule has 1 N–H and O–H groups in total. The number of hydrogen-bond donors (Lipinski definition) is 1. The number of benzene rings is 5. The minimum Gasteiger partial charge on any atom is -0.346 e. The highest BCUT2D eigenvalue weighted by Gasteiger charge is 2.26. The molecule has 0 fully saturated rings. The van der Waals surface area contributed by atoms with Gasteiger partial charge in [-0.3, -0.25) is 0 Å². The molecule has 0 amide bonds. The second-order valence-corrected chi connectivity index (χ2v) is 11.2. The van der Waals surface area contributed by atoms with Crippen molar-refractivity contribution in [3.8, 4) is 16.8 Å². The Kier molecular flexibility index (Phi) is 3.72. The van der Waals surface area contributed by atoms with Gasteiger partial charge in [0.25, 0.3) is 0 Å². The van der Waals surface area contributed by atoms with E-state index in [2.05, 4.69) is 121 Å². The Morgan fingerprint density at radius 2 is 1.51 bits per heavy atom. The Morgan fingerprint density at radius 3 is 2.46 bits per heavy atom. The van der Waals surface area contributed by atoms with Crippen molar-refractivity contribution in [1.29, 1.82) is 0 Å². The maximum absolute atomic E-state index is 3.82. The first-order valence-electron chi connectivity index (χ1n) is 12.7. The molecule has 0 spiro atoms. The Hall–Kier alpha value is -4.28. The molecule has 4 heterocycles. The van der Waals surface area contributed by atoms with E-state index in [1.807, 2.05) is 11.3 Å². The van der Waals surface area contributed by atoms with Crippen molar-refractivity contribution in [1.82, 2.24) is 9.55 Å². The van der Waals surface area contributed by atoms with Gasteiger partial charge in [-0.05, 0) is 41.7 Å². The first-order chi connectivity index (χ1) is 18.3. The minimum atomic E-state index is 1.22. The first kappa shape index (κ1) is 19.9. The summed E-state index contributed by atoms with van der Waals surface area (Å²) in [6.45, 7) is 2.22. The zero-order chi connectivity index (χ0) is 24.2. The molecule has 37 heavy (non-hydrogen) atoms. The Balaban J connectivity index is 1.39. The van der Waals surface area contributed by atoms with Crippen LogP contribution in [0.4, 0.5) is 0 Å². The summed E-state index contributed by atoms with van der Waals surface area (Å²) in [5.74, 6) is 0. The highest BCUT2D eigenvalue weighted by molar-refractivity contribution is 7.25. The van der Waals surface area contributed by atoms with Gasteiger partial charge in [0.1, 0.15) is 4.83 Å². The highest BCUT2D eigenvalue weighted by atomic mass is 32.1. The van der Waals surface area contributed by atoms with Gasteiger partial charge < -0.3 is 9.55 Å². The van der Waals surface area contributed by atoms with Gasteiger partial charge in [0, 0.05) is 48.4 Å². The number of thiophene rings is 1. The van der Waals surface area contributed by atoms with Crippen LogP contribution in [0.5, 0.6) is 0 Å². The zero-order valence-electron chi connectivity index (χ0n) is 20.2. The number of para-hydroxylation sites is 3. The van der Waals surface area contributed by atoms with Crippen molar-refractivity contribution in [2.75, 3.05) is 0 Å². The number of H-pyrrole nitrogens is 1. The molecule has 171 valence electrons. The predicted octanol–water partition coefficient (Wildman–Crippen LogP) is 7.58. The topological polar surface area (TPSA) is 20.7 Å². The maximum atomic E-state index is 3.82. The van der Waals surface area contributed by atoms with Gasteiger partial charge in [0.15, 0.2) is 7.28 Å². The van der Waals surface area contributed by atoms with E-state index in [-0.39, 0.29) is 0 Å². The fraction of sp³-hybridized carbons (Fsp3) is 0.0303. The molecule has 0 saturated carbocycles. The fourth-order valence-electron chi connectivity index (χ4n) is 6.54. The third-order valence-corrected chi connectivity index (χ3v) is 9.11. The van der Waals surface area contributed by atoms with Gasteiger partial charge in [-0.25, -0.2) is 0 Å². The summed E-state index contributed by atoms with van der Waals surface area (Å²) in [5.41, 5.74) is 11.4. The summed E-state index contributed by atoms with van der Waals surface area (Å²) in [5, 5.41) is 6.59. The second-order valence-electron chi connectivity index (χ2n) is 10.1. The van der Waals surface area contributed by atoms with Crippen LogP contribution in [0.15, 0.2) is 97.1 Å². The molecule has 2 nitrogen and oxygen atoms in total. The van der Waals surface area contributed by atoms with Crippen LogP contribution in [0.1, 0.15) is 5.56 Å². The lowest BCUT2D eigenvalue weighted by Crippen LogP contribution is -2.37. The second kappa shape index (κ2) is 6.93. The Morgan fingerprint density at radius 1 is 0.730 bits per heavy atom. The molecule has 1 aliphatic rings. The van der Waals surface area contributed by atoms with Crippen LogP contribution in [0.3, 0.4) is 0 Å². The summed E-state index contributed by atoms with van der Waals surface area (Å²) in [4.78, 5) is 5.07. The van der Waals surface area contributed by atoms with Gasteiger partial charge in [0.05, 0.1) is 11.0 Å². The maximum Gasteiger partial charge on any atom is 0.197 e. The molecule has 0 saturated heterocycles. The fourth-order valence-corrected chi connectivity index (χ4v) is 7.66. The number of rotatable bonds is 1. The van der Waals surface area contributed by atoms with Crippen LogP contribution < -0.4 is 10.9 Å². The summed E-state index contributed by atoms with van der Waals surface area (Å²) in [7, 11) is 2.39. The van der Waals surface area contributed by atoms with E-state index in [0.29, 0.717) is 0 Å². The van der Waals surface area contributed by atoms with Gasteiger partial charge >= 0.3 is 0 Å². The smallest absolute Gasteiger partial charge is 0.197 e. The summed E-state index contributed by atoms with van der Waals surface area (Å²) >= 11 is 1.85. The van der Waals surface area contributed by atoms with Crippen molar-refractivity contribution in [3.63, 3.8) is 0 Å². The van der Waals surface area contributed by atoms with E-state index >= 15 is 0 Å². The number of hydrogen-bond acceptors (Lipinski definition) is 1. The molecule has 5 aromatic carbocycles. The van der Waals surface area contributed by atoms with Gasteiger partial charge in [-0.2, -0.15) is 0 Å². The Bertz CT molecular complexity index is 2240. The van der Waals surface area contributed by atoms with E-state index < -0.39 is 0 Å². The number of aryl methyl sites for hydroxylation is 1. The molecule has 1 aliphatic heterocycles. The molecule has 9 rings (SSSR count). The molecule has 0 atom stereocenters. The number of aromatic nitrogens is 2. The van der Waals surface area contributed by atoms with Crippen LogP contribution in [0.25, 0.3) is 69.8 Å². The number of nitrogens with zero attached hydrogens (tertiary/aromatic N) is 1. The summed E-state index contributed by atoms with van der Waals surface area (Å²) in [6, 6.07) is 35.7. The number of nitrogens with one attached hydrogen (secondary N) is 1. The molecule has 0 aliphatic carbocycles. The number of aromatic amines is 1. The minimum absolute atomic E-state index is 1.22. The average Bonchev–Trinajstić information content (AvgIpc) is 3.58. The highest BCUT2D eigenvalue weighted by Crippen LogP contribution is 2.42. The van der Waals surface area contributed by atoms with Crippen molar-refractivity contribution in [2.45, 2.75) is 6.92 Å². The molecule has 0 unspecified atom stereocenters. The Labute approximate surface area is 218 Å². The molecule has 1 radical (unpaired) electrons. The van der Waals surface area contributed by atoms with Crippen LogP contribution in [-0.2, 0) is 0 Å². The lowest BCUT2D eigenvalue weighted by molar-refractivity contribution is 1.18. The largest absolute Gasteiger partial charge is 0.346 e. The van der Waals surface area contributed by atoms with E-state index in [1.54, 1.807) is 0 Å². The van der Waals surface area contributed by atoms with Crippen molar-refractivity contribution in [3.05, 3.63) is 103 Å². The summed E-state index contributed by atoms with van der Waals surface area (Å²) < 4.78 is 3.81. The third-order valence-electron chi connectivity index (χ3n) is 8.03. The molecule has 0 bridgehead atoms. The average molecular weight is 487 g/mol. The molecule has 8 aromatic rings. The molecular formula is C33H20BN2S. The molecule has 4 heteroatoms.